The minimum atomic E-state index is -0.126. The fourth-order valence-corrected chi connectivity index (χ4v) is 3.02. The molecular weight excluding hydrogens is 294 g/mol. The van der Waals surface area contributed by atoms with Crippen LogP contribution in [-0.2, 0) is 6.54 Å². The second-order valence-corrected chi connectivity index (χ2v) is 5.72. The highest BCUT2D eigenvalue weighted by molar-refractivity contribution is 9.10. The number of benzene rings is 1. The summed E-state index contributed by atoms with van der Waals surface area (Å²) in [5.41, 5.74) is 1.22. The van der Waals surface area contributed by atoms with E-state index in [9.17, 15) is 5.11 Å². The van der Waals surface area contributed by atoms with E-state index in [4.69, 9.17) is 4.74 Å². The molecule has 3 nitrogen and oxygen atoms in total. The monoisotopic (exact) mass is 313 g/mol. The number of methoxy groups -OCH3 is 1. The van der Waals surface area contributed by atoms with Crippen LogP contribution in [0.5, 0.6) is 5.75 Å². The van der Waals surface area contributed by atoms with Crippen LogP contribution >= 0.6 is 15.9 Å². The van der Waals surface area contributed by atoms with Gasteiger partial charge in [-0.25, -0.2) is 0 Å². The zero-order valence-corrected chi connectivity index (χ0v) is 12.2. The molecule has 1 aliphatic carbocycles. The number of hydrogen-bond donors (Lipinski definition) is 2. The Labute approximate surface area is 117 Å². The summed E-state index contributed by atoms with van der Waals surface area (Å²) in [6, 6.07) is 6.55. The van der Waals surface area contributed by atoms with E-state index in [0.29, 0.717) is 6.04 Å². The van der Waals surface area contributed by atoms with E-state index in [-0.39, 0.29) is 6.10 Å². The molecule has 0 aromatic heterocycles. The van der Waals surface area contributed by atoms with Crippen molar-refractivity contribution in [3.05, 3.63) is 28.2 Å². The van der Waals surface area contributed by atoms with Crippen LogP contribution in [0.15, 0.2) is 22.7 Å². The first-order chi connectivity index (χ1) is 8.69. The molecule has 1 aromatic rings. The van der Waals surface area contributed by atoms with Crippen molar-refractivity contribution in [2.45, 2.75) is 44.4 Å². The maximum atomic E-state index is 9.63. The van der Waals surface area contributed by atoms with Crippen LogP contribution in [0.3, 0.4) is 0 Å². The lowest BCUT2D eigenvalue weighted by molar-refractivity contribution is 0.111. The molecule has 0 spiro atoms. The first-order valence-electron chi connectivity index (χ1n) is 6.43. The third kappa shape index (κ3) is 3.70. The molecule has 1 aliphatic rings. The molecule has 18 heavy (non-hydrogen) atoms. The van der Waals surface area contributed by atoms with Crippen LogP contribution < -0.4 is 10.1 Å². The first kappa shape index (κ1) is 13.8. The standard InChI is InChI=1S/C14H20BrNO2/c1-18-14-6-5-10(7-13(14)15)9-16-11-3-2-4-12(17)8-11/h5-7,11-12,16-17H,2-4,8-9H2,1H3. The molecule has 1 saturated carbocycles. The zero-order chi connectivity index (χ0) is 13.0. The molecule has 100 valence electrons. The number of aliphatic hydroxyl groups excluding tert-OH is 1. The van der Waals surface area contributed by atoms with Crippen molar-refractivity contribution in [1.82, 2.24) is 5.32 Å². The molecule has 1 aromatic carbocycles. The van der Waals surface area contributed by atoms with Crippen LogP contribution in [-0.4, -0.2) is 24.4 Å². The van der Waals surface area contributed by atoms with Crippen molar-refractivity contribution in [3.8, 4) is 5.75 Å². The molecule has 2 atom stereocenters. The molecule has 1 fully saturated rings. The Kier molecular flexibility index (Phi) is 5.03. The Balaban J connectivity index is 1.88. The van der Waals surface area contributed by atoms with E-state index < -0.39 is 0 Å². The highest BCUT2D eigenvalue weighted by atomic mass is 79.9. The van der Waals surface area contributed by atoms with Gasteiger partial charge in [-0.2, -0.15) is 0 Å². The maximum absolute atomic E-state index is 9.63. The highest BCUT2D eigenvalue weighted by Gasteiger charge is 2.19. The largest absolute Gasteiger partial charge is 0.496 e. The van der Waals surface area contributed by atoms with E-state index in [1.807, 2.05) is 6.07 Å². The van der Waals surface area contributed by atoms with E-state index in [1.165, 1.54) is 5.56 Å². The third-order valence-electron chi connectivity index (χ3n) is 3.46. The molecule has 2 unspecified atom stereocenters. The molecule has 2 N–H and O–H groups in total. The summed E-state index contributed by atoms with van der Waals surface area (Å²) in [6.07, 6.45) is 3.97. The Morgan fingerprint density at radius 3 is 2.94 bits per heavy atom. The van der Waals surface area contributed by atoms with Gasteiger partial charge in [0, 0.05) is 12.6 Å². The van der Waals surface area contributed by atoms with Crippen molar-refractivity contribution < 1.29 is 9.84 Å². The average Bonchev–Trinajstić information content (AvgIpc) is 2.37. The summed E-state index contributed by atoms with van der Waals surface area (Å²) < 4.78 is 6.19. The van der Waals surface area contributed by atoms with E-state index in [1.54, 1.807) is 7.11 Å². The van der Waals surface area contributed by atoms with E-state index in [0.717, 1.165) is 42.5 Å². The van der Waals surface area contributed by atoms with Crippen LogP contribution in [0.25, 0.3) is 0 Å². The molecule has 0 radical (unpaired) electrons. The number of ether oxygens (including phenoxy) is 1. The fraction of sp³-hybridized carbons (Fsp3) is 0.571. The van der Waals surface area contributed by atoms with Gasteiger partial charge in [0.25, 0.3) is 0 Å². The summed E-state index contributed by atoms with van der Waals surface area (Å²) in [6.45, 7) is 0.833. The number of nitrogens with one attached hydrogen (secondary N) is 1. The third-order valence-corrected chi connectivity index (χ3v) is 4.08. The van der Waals surface area contributed by atoms with Gasteiger partial charge in [-0.05, 0) is 59.3 Å². The number of rotatable bonds is 4. The minimum absolute atomic E-state index is 0.126. The summed E-state index contributed by atoms with van der Waals surface area (Å²) in [4.78, 5) is 0. The van der Waals surface area contributed by atoms with Crippen LogP contribution in [0, 0.1) is 0 Å². The van der Waals surface area contributed by atoms with Crippen molar-refractivity contribution in [2.24, 2.45) is 0 Å². The average molecular weight is 314 g/mol. The SMILES string of the molecule is COc1ccc(CNC2CCCC(O)C2)cc1Br. The van der Waals surface area contributed by atoms with Crippen molar-refractivity contribution in [1.29, 1.82) is 0 Å². The predicted octanol–water partition coefficient (Wildman–Crippen LogP) is 2.85. The lowest BCUT2D eigenvalue weighted by atomic mass is 9.93. The van der Waals surface area contributed by atoms with Gasteiger partial charge in [0.05, 0.1) is 17.7 Å². The second-order valence-electron chi connectivity index (χ2n) is 4.87. The normalized spacial score (nSPS) is 23.9. The number of aliphatic hydroxyl groups is 1. The van der Waals surface area contributed by atoms with Gasteiger partial charge in [-0.15, -0.1) is 0 Å². The second kappa shape index (κ2) is 6.55. The van der Waals surface area contributed by atoms with E-state index in [2.05, 4.69) is 33.4 Å². The lowest BCUT2D eigenvalue weighted by Crippen LogP contribution is -2.35. The van der Waals surface area contributed by atoms with Crippen LogP contribution in [0.4, 0.5) is 0 Å². The zero-order valence-electron chi connectivity index (χ0n) is 10.7. The molecule has 2 rings (SSSR count). The molecule has 0 amide bonds. The molecule has 4 heteroatoms. The fourth-order valence-electron chi connectivity index (χ4n) is 2.43. The summed E-state index contributed by atoms with van der Waals surface area (Å²) in [5.74, 6) is 0.854. The summed E-state index contributed by atoms with van der Waals surface area (Å²) in [5, 5.41) is 13.1. The molecule has 0 saturated heterocycles. The molecule has 0 heterocycles. The van der Waals surface area contributed by atoms with Gasteiger partial charge in [0.15, 0.2) is 0 Å². The summed E-state index contributed by atoms with van der Waals surface area (Å²) >= 11 is 3.49. The molecule has 0 bridgehead atoms. The maximum Gasteiger partial charge on any atom is 0.133 e. The van der Waals surface area contributed by atoms with Gasteiger partial charge in [-0.3, -0.25) is 0 Å². The van der Waals surface area contributed by atoms with Gasteiger partial charge in [0.2, 0.25) is 0 Å². The topological polar surface area (TPSA) is 41.5 Å². The number of halogens is 1. The Hall–Kier alpha value is -0.580. The minimum Gasteiger partial charge on any atom is -0.496 e. The first-order valence-corrected chi connectivity index (χ1v) is 7.22. The Morgan fingerprint density at radius 2 is 2.28 bits per heavy atom. The smallest absolute Gasteiger partial charge is 0.133 e. The van der Waals surface area contributed by atoms with Crippen molar-refractivity contribution in [3.63, 3.8) is 0 Å². The van der Waals surface area contributed by atoms with Crippen molar-refractivity contribution in [2.75, 3.05) is 7.11 Å². The molecule has 0 aliphatic heterocycles. The van der Waals surface area contributed by atoms with E-state index >= 15 is 0 Å². The predicted molar refractivity (Wildman–Crippen MR) is 75.8 cm³/mol. The Morgan fingerprint density at radius 1 is 1.44 bits per heavy atom. The van der Waals surface area contributed by atoms with Gasteiger partial charge in [-0.1, -0.05) is 6.07 Å². The van der Waals surface area contributed by atoms with Gasteiger partial charge in [0.1, 0.15) is 5.75 Å². The van der Waals surface area contributed by atoms with Crippen molar-refractivity contribution >= 4 is 15.9 Å². The molecular formula is C14H20BrNO2. The van der Waals surface area contributed by atoms with Gasteiger partial charge >= 0.3 is 0 Å². The lowest BCUT2D eigenvalue weighted by Gasteiger charge is -2.26. The van der Waals surface area contributed by atoms with Gasteiger partial charge < -0.3 is 15.2 Å². The van der Waals surface area contributed by atoms with Crippen LogP contribution in [0.2, 0.25) is 0 Å². The number of hydrogen-bond acceptors (Lipinski definition) is 3. The quantitative estimate of drug-likeness (QED) is 0.898. The Bertz CT molecular complexity index is 397. The van der Waals surface area contributed by atoms with Crippen LogP contribution in [0.1, 0.15) is 31.2 Å². The summed E-state index contributed by atoms with van der Waals surface area (Å²) in [7, 11) is 1.67. The highest BCUT2D eigenvalue weighted by Crippen LogP contribution is 2.26.